The van der Waals surface area contributed by atoms with E-state index in [9.17, 15) is 9.18 Å². The first-order valence-corrected chi connectivity index (χ1v) is 7.15. The van der Waals surface area contributed by atoms with Crippen LogP contribution in [0.5, 0.6) is 5.75 Å². The van der Waals surface area contributed by atoms with E-state index in [4.69, 9.17) is 5.11 Å². The first-order valence-electron chi connectivity index (χ1n) is 5.75. The number of rotatable bonds is 5. The van der Waals surface area contributed by atoms with Crippen molar-refractivity contribution in [1.29, 1.82) is 0 Å². The zero-order chi connectivity index (χ0) is 13.7. The van der Waals surface area contributed by atoms with Crippen molar-refractivity contribution in [3.8, 4) is 5.75 Å². The molecule has 3 nitrogen and oxygen atoms in total. The van der Waals surface area contributed by atoms with Gasteiger partial charge in [0, 0.05) is 24.9 Å². The second-order valence-electron chi connectivity index (χ2n) is 4.10. The highest BCUT2D eigenvalue weighted by molar-refractivity contribution is 7.98. The smallest absolute Gasteiger partial charge is 0.256 e. The normalized spacial score (nSPS) is 12.2. The largest absolute Gasteiger partial charge is 0.508 e. The molecule has 0 radical (unpaired) electrons. The van der Waals surface area contributed by atoms with E-state index in [1.807, 2.05) is 13.2 Å². The van der Waals surface area contributed by atoms with Gasteiger partial charge in [-0.25, -0.2) is 4.39 Å². The molecule has 1 unspecified atom stereocenters. The molecule has 1 atom stereocenters. The van der Waals surface area contributed by atoms with Gasteiger partial charge in [-0.3, -0.25) is 4.79 Å². The molecule has 1 rings (SSSR count). The number of carbonyl (C=O) groups is 1. The molecular formula is C13H18FNO2S. The zero-order valence-electron chi connectivity index (χ0n) is 10.8. The van der Waals surface area contributed by atoms with Crippen molar-refractivity contribution in [3.05, 3.63) is 29.6 Å². The van der Waals surface area contributed by atoms with Gasteiger partial charge in [-0.2, -0.15) is 11.8 Å². The number of nitrogens with zero attached hydrogens (tertiary/aromatic N) is 1. The summed E-state index contributed by atoms with van der Waals surface area (Å²) in [4.78, 5) is 13.7. The van der Waals surface area contributed by atoms with Crippen LogP contribution in [0.2, 0.25) is 0 Å². The Bertz CT molecular complexity index is 425. The molecule has 0 bridgehead atoms. The predicted octanol–water partition coefficient (Wildman–Crippen LogP) is 2.74. The molecule has 0 aromatic heterocycles. The van der Waals surface area contributed by atoms with Crippen molar-refractivity contribution in [1.82, 2.24) is 4.90 Å². The van der Waals surface area contributed by atoms with Crippen LogP contribution in [0.15, 0.2) is 18.2 Å². The molecule has 0 fully saturated rings. The first-order chi connectivity index (χ1) is 8.51. The number of phenolic OH excluding ortho intramolecular Hbond substituents is 1. The van der Waals surface area contributed by atoms with E-state index in [-0.39, 0.29) is 23.3 Å². The van der Waals surface area contributed by atoms with E-state index in [0.29, 0.717) is 0 Å². The second kappa shape index (κ2) is 6.64. The van der Waals surface area contributed by atoms with Crippen LogP contribution in [-0.2, 0) is 0 Å². The second-order valence-corrected chi connectivity index (χ2v) is 5.01. The molecule has 5 heteroatoms. The summed E-state index contributed by atoms with van der Waals surface area (Å²) in [5, 5.41) is 9.13. The standard InChI is InChI=1S/C13H18FNO2S/c1-4-9(8-18-3)15(2)13(17)11-6-5-10(16)7-12(11)14/h5-7,9,16H,4,8H2,1-3H3. The topological polar surface area (TPSA) is 40.5 Å². The van der Waals surface area contributed by atoms with Gasteiger partial charge < -0.3 is 10.0 Å². The van der Waals surface area contributed by atoms with E-state index in [2.05, 4.69) is 0 Å². The van der Waals surface area contributed by atoms with Crippen molar-refractivity contribution in [2.45, 2.75) is 19.4 Å². The molecule has 1 aromatic rings. The van der Waals surface area contributed by atoms with Crippen LogP contribution in [0.25, 0.3) is 0 Å². The van der Waals surface area contributed by atoms with Crippen molar-refractivity contribution >= 4 is 17.7 Å². The number of hydrogen-bond acceptors (Lipinski definition) is 3. The fourth-order valence-electron chi connectivity index (χ4n) is 1.73. The van der Waals surface area contributed by atoms with Crippen molar-refractivity contribution < 1.29 is 14.3 Å². The fourth-order valence-corrected chi connectivity index (χ4v) is 2.57. The highest BCUT2D eigenvalue weighted by Gasteiger charge is 2.22. The first kappa shape index (κ1) is 14.8. The number of halogens is 1. The Hall–Kier alpha value is -1.23. The van der Waals surface area contributed by atoms with Gasteiger partial charge in [-0.05, 0) is 24.8 Å². The van der Waals surface area contributed by atoms with Crippen LogP contribution in [0.1, 0.15) is 23.7 Å². The lowest BCUT2D eigenvalue weighted by molar-refractivity contribution is 0.0739. The van der Waals surface area contributed by atoms with E-state index in [1.165, 1.54) is 12.1 Å². The number of benzene rings is 1. The number of hydrogen-bond donors (Lipinski definition) is 1. The van der Waals surface area contributed by atoms with Gasteiger partial charge >= 0.3 is 0 Å². The SMILES string of the molecule is CCC(CSC)N(C)C(=O)c1ccc(O)cc1F. The summed E-state index contributed by atoms with van der Waals surface area (Å²) in [5.41, 5.74) is -0.00477. The lowest BCUT2D eigenvalue weighted by Crippen LogP contribution is -2.38. The molecule has 0 aliphatic carbocycles. The minimum atomic E-state index is -0.689. The van der Waals surface area contributed by atoms with E-state index >= 15 is 0 Å². The van der Waals surface area contributed by atoms with Crippen molar-refractivity contribution in [2.24, 2.45) is 0 Å². The number of aromatic hydroxyl groups is 1. The molecule has 1 N–H and O–H groups in total. The molecule has 1 amide bonds. The summed E-state index contributed by atoms with van der Waals surface area (Å²) in [5.74, 6) is -0.402. The monoisotopic (exact) mass is 271 g/mol. The molecule has 1 aromatic carbocycles. The predicted molar refractivity (Wildman–Crippen MR) is 72.6 cm³/mol. The van der Waals surface area contributed by atoms with Gasteiger partial charge in [0.05, 0.1) is 5.56 Å². The molecule has 0 saturated heterocycles. The maximum absolute atomic E-state index is 13.6. The summed E-state index contributed by atoms with van der Waals surface area (Å²) in [6, 6.07) is 3.67. The Kier molecular flexibility index (Phi) is 5.47. The van der Waals surface area contributed by atoms with Gasteiger partial charge in [0.15, 0.2) is 0 Å². The minimum absolute atomic E-state index is 0.00477. The number of amides is 1. The maximum atomic E-state index is 13.6. The average molecular weight is 271 g/mol. The van der Waals surface area contributed by atoms with Crippen LogP contribution >= 0.6 is 11.8 Å². The van der Waals surface area contributed by atoms with Crippen LogP contribution in [0, 0.1) is 5.82 Å². The molecule has 0 heterocycles. The molecule has 18 heavy (non-hydrogen) atoms. The summed E-state index contributed by atoms with van der Waals surface area (Å²) in [6.45, 7) is 2.00. The van der Waals surface area contributed by atoms with Crippen molar-refractivity contribution in [2.75, 3.05) is 19.1 Å². The fraction of sp³-hybridized carbons (Fsp3) is 0.462. The zero-order valence-corrected chi connectivity index (χ0v) is 11.6. The summed E-state index contributed by atoms with van der Waals surface area (Å²) < 4.78 is 13.6. The average Bonchev–Trinajstić information content (AvgIpc) is 2.34. The molecule has 0 saturated carbocycles. The number of carbonyl (C=O) groups excluding carboxylic acids is 1. The molecule has 0 aliphatic rings. The molecular weight excluding hydrogens is 253 g/mol. The van der Waals surface area contributed by atoms with Crippen LogP contribution < -0.4 is 0 Å². The van der Waals surface area contributed by atoms with Crippen LogP contribution in [-0.4, -0.2) is 41.0 Å². The van der Waals surface area contributed by atoms with Gasteiger partial charge in [0.25, 0.3) is 5.91 Å². The molecule has 100 valence electrons. The van der Waals surface area contributed by atoms with Gasteiger partial charge in [-0.1, -0.05) is 6.92 Å². The maximum Gasteiger partial charge on any atom is 0.256 e. The Morgan fingerprint density at radius 1 is 1.56 bits per heavy atom. The van der Waals surface area contributed by atoms with Gasteiger partial charge in [-0.15, -0.1) is 0 Å². The van der Waals surface area contributed by atoms with Gasteiger partial charge in [0.2, 0.25) is 0 Å². The minimum Gasteiger partial charge on any atom is -0.508 e. The number of phenols is 1. The Morgan fingerprint density at radius 2 is 2.22 bits per heavy atom. The number of thioether (sulfide) groups is 1. The quantitative estimate of drug-likeness (QED) is 0.895. The van der Waals surface area contributed by atoms with Crippen molar-refractivity contribution in [3.63, 3.8) is 0 Å². The Labute approximate surface area is 111 Å². The third-order valence-corrected chi connectivity index (χ3v) is 3.60. The van der Waals surface area contributed by atoms with E-state index in [1.54, 1.807) is 23.7 Å². The lowest BCUT2D eigenvalue weighted by atomic mass is 10.1. The van der Waals surface area contributed by atoms with Crippen LogP contribution in [0.3, 0.4) is 0 Å². The molecule has 0 spiro atoms. The van der Waals surface area contributed by atoms with E-state index in [0.717, 1.165) is 18.2 Å². The Balaban J connectivity index is 2.91. The third-order valence-electron chi connectivity index (χ3n) is 2.88. The lowest BCUT2D eigenvalue weighted by Gasteiger charge is -2.27. The summed E-state index contributed by atoms with van der Waals surface area (Å²) >= 11 is 1.65. The highest BCUT2D eigenvalue weighted by atomic mass is 32.2. The highest BCUT2D eigenvalue weighted by Crippen LogP contribution is 2.18. The summed E-state index contributed by atoms with van der Waals surface area (Å²) in [6.07, 6.45) is 2.80. The summed E-state index contributed by atoms with van der Waals surface area (Å²) in [7, 11) is 1.68. The third kappa shape index (κ3) is 3.38. The Morgan fingerprint density at radius 3 is 2.72 bits per heavy atom. The van der Waals surface area contributed by atoms with E-state index < -0.39 is 5.82 Å². The van der Waals surface area contributed by atoms with Gasteiger partial charge in [0.1, 0.15) is 11.6 Å². The molecule has 0 aliphatic heterocycles. The van der Waals surface area contributed by atoms with Crippen LogP contribution in [0.4, 0.5) is 4.39 Å².